The fraction of sp³-hybridized carbons (Fsp3) is 0.688. The molecule has 2 saturated heterocycles. The van der Waals surface area contributed by atoms with Gasteiger partial charge < -0.3 is 15.3 Å². The SMILES string of the molecule is O=C(CN1CCC(O)CC1)NC1CCN(c2ncccn2)CC1. The fourth-order valence-electron chi connectivity index (χ4n) is 3.23. The number of rotatable bonds is 4. The van der Waals surface area contributed by atoms with Crippen molar-refractivity contribution in [2.75, 3.05) is 37.6 Å². The molecule has 2 N–H and O–H groups in total. The maximum absolute atomic E-state index is 12.2. The molecule has 23 heavy (non-hydrogen) atoms. The summed E-state index contributed by atoms with van der Waals surface area (Å²) in [5.41, 5.74) is 0. The molecule has 7 nitrogen and oxygen atoms in total. The first-order valence-corrected chi connectivity index (χ1v) is 8.42. The molecule has 0 saturated carbocycles. The highest BCUT2D eigenvalue weighted by Crippen LogP contribution is 2.15. The molecule has 1 aromatic heterocycles. The van der Waals surface area contributed by atoms with E-state index in [1.165, 1.54) is 0 Å². The molecule has 0 radical (unpaired) electrons. The smallest absolute Gasteiger partial charge is 0.234 e. The van der Waals surface area contributed by atoms with Gasteiger partial charge in [0.05, 0.1) is 12.6 Å². The van der Waals surface area contributed by atoms with E-state index in [0.717, 1.165) is 57.8 Å². The highest BCUT2D eigenvalue weighted by atomic mass is 16.3. The minimum Gasteiger partial charge on any atom is -0.393 e. The number of nitrogens with zero attached hydrogens (tertiary/aromatic N) is 4. The molecule has 0 atom stereocenters. The Morgan fingerprint density at radius 1 is 1.13 bits per heavy atom. The highest BCUT2D eigenvalue weighted by Gasteiger charge is 2.24. The molecule has 126 valence electrons. The largest absolute Gasteiger partial charge is 0.393 e. The monoisotopic (exact) mass is 319 g/mol. The predicted octanol–water partition coefficient (Wildman–Crippen LogP) is 0.0183. The number of hydrogen-bond acceptors (Lipinski definition) is 6. The van der Waals surface area contributed by atoms with Crippen LogP contribution in [0.1, 0.15) is 25.7 Å². The Hall–Kier alpha value is -1.73. The van der Waals surface area contributed by atoms with Crippen LogP contribution in [-0.2, 0) is 4.79 Å². The van der Waals surface area contributed by atoms with Gasteiger partial charge >= 0.3 is 0 Å². The van der Waals surface area contributed by atoms with Crippen LogP contribution in [0, 0.1) is 0 Å². The van der Waals surface area contributed by atoms with E-state index >= 15 is 0 Å². The summed E-state index contributed by atoms with van der Waals surface area (Å²) in [6.07, 6.45) is 6.69. The van der Waals surface area contributed by atoms with Crippen molar-refractivity contribution in [1.29, 1.82) is 0 Å². The zero-order chi connectivity index (χ0) is 16.1. The van der Waals surface area contributed by atoms with E-state index in [0.29, 0.717) is 6.54 Å². The Labute approximate surface area is 136 Å². The number of amides is 1. The van der Waals surface area contributed by atoms with Gasteiger partial charge in [-0.25, -0.2) is 9.97 Å². The van der Waals surface area contributed by atoms with Crippen LogP contribution < -0.4 is 10.2 Å². The van der Waals surface area contributed by atoms with Crippen molar-refractivity contribution in [3.8, 4) is 0 Å². The van der Waals surface area contributed by atoms with Crippen molar-refractivity contribution in [1.82, 2.24) is 20.2 Å². The molecule has 3 rings (SSSR count). The zero-order valence-electron chi connectivity index (χ0n) is 13.4. The van der Waals surface area contributed by atoms with Gasteiger partial charge in [0.25, 0.3) is 0 Å². The van der Waals surface area contributed by atoms with Crippen molar-refractivity contribution < 1.29 is 9.90 Å². The fourth-order valence-corrected chi connectivity index (χ4v) is 3.23. The molecule has 0 spiro atoms. The third kappa shape index (κ3) is 4.62. The van der Waals surface area contributed by atoms with Crippen molar-refractivity contribution in [2.24, 2.45) is 0 Å². The lowest BCUT2D eigenvalue weighted by Gasteiger charge is -2.33. The molecule has 0 unspecified atom stereocenters. The molecular formula is C16H25N5O2. The standard InChI is InChI=1S/C16H25N5O2/c22-14-4-8-20(9-5-14)12-15(23)19-13-2-10-21(11-3-13)16-17-6-1-7-18-16/h1,6-7,13-14,22H,2-5,8-12H2,(H,19,23). The van der Waals surface area contributed by atoms with Gasteiger partial charge in [-0.2, -0.15) is 0 Å². The highest BCUT2D eigenvalue weighted by molar-refractivity contribution is 5.78. The summed E-state index contributed by atoms with van der Waals surface area (Å²) in [5.74, 6) is 0.861. The van der Waals surface area contributed by atoms with Gasteiger partial charge in [0.15, 0.2) is 0 Å². The maximum Gasteiger partial charge on any atom is 0.234 e. The second-order valence-electron chi connectivity index (χ2n) is 6.38. The van der Waals surface area contributed by atoms with Crippen molar-refractivity contribution in [3.63, 3.8) is 0 Å². The molecule has 0 aromatic carbocycles. The number of aliphatic hydroxyl groups is 1. The number of aliphatic hydroxyl groups excluding tert-OH is 1. The Morgan fingerprint density at radius 2 is 1.78 bits per heavy atom. The van der Waals surface area contributed by atoms with Crippen LogP contribution in [0.3, 0.4) is 0 Å². The number of likely N-dealkylation sites (tertiary alicyclic amines) is 1. The number of piperidine rings is 2. The summed E-state index contributed by atoms with van der Waals surface area (Å²) in [4.78, 5) is 25.0. The van der Waals surface area contributed by atoms with Crippen LogP contribution in [0.5, 0.6) is 0 Å². The molecule has 0 aliphatic carbocycles. The Bertz CT molecular complexity index is 496. The van der Waals surface area contributed by atoms with Crippen LogP contribution in [-0.4, -0.2) is 70.8 Å². The average molecular weight is 319 g/mol. The van der Waals surface area contributed by atoms with E-state index < -0.39 is 0 Å². The average Bonchev–Trinajstić information content (AvgIpc) is 2.58. The number of nitrogens with one attached hydrogen (secondary N) is 1. The lowest BCUT2D eigenvalue weighted by atomic mass is 10.1. The van der Waals surface area contributed by atoms with Gasteiger partial charge in [-0.3, -0.25) is 9.69 Å². The molecule has 1 aromatic rings. The first-order chi connectivity index (χ1) is 11.2. The predicted molar refractivity (Wildman–Crippen MR) is 87.1 cm³/mol. The second-order valence-corrected chi connectivity index (χ2v) is 6.38. The molecule has 2 fully saturated rings. The Balaban J connectivity index is 1.39. The number of anilines is 1. The summed E-state index contributed by atoms with van der Waals surface area (Å²) in [7, 11) is 0. The molecular weight excluding hydrogens is 294 g/mol. The van der Waals surface area contributed by atoms with E-state index in [1.807, 2.05) is 6.07 Å². The van der Waals surface area contributed by atoms with Gasteiger partial charge in [-0.15, -0.1) is 0 Å². The van der Waals surface area contributed by atoms with E-state index in [-0.39, 0.29) is 18.1 Å². The molecule has 0 bridgehead atoms. The minimum absolute atomic E-state index is 0.0933. The van der Waals surface area contributed by atoms with Gasteiger partial charge in [-0.05, 0) is 31.7 Å². The number of hydrogen-bond donors (Lipinski definition) is 2. The summed E-state index contributed by atoms with van der Waals surface area (Å²) >= 11 is 0. The molecule has 2 aliphatic rings. The first-order valence-electron chi connectivity index (χ1n) is 8.42. The minimum atomic E-state index is -0.196. The van der Waals surface area contributed by atoms with Crippen LogP contribution in [0.4, 0.5) is 5.95 Å². The Kier molecular flexibility index (Phi) is 5.40. The number of carbonyl (C=O) groups excluding carboxylic acids is 1. The van der Waals surface area contributed by atoms with Crippen LogP contribution >= 0.6 is 0 Å². The second kappa shape index (κ2) is 7.70. The van der Waals surface area contributed by atoms with Crippen molar-refractivity contribution in [2.45, 2.75) is 37.8 Å². The first kappa shape index (κ1) is 16.1. The normalized spacial score (nSPS) is 21.3. The number of aromatic nitrogens is 2. The van der Waals surface area contributed by atoms with Crippen LogP contribution in [0.25, 0.3) is 0 Å². The van der Waals surface area contributed by atoms with Crippen molar-refractivity contribution >= 4 is 11.9 Å². The van der Waals surface area contributed by atoms with E-state index in [2.05, 4.69) is 25.1 Å². The maximum atomic E-state index is 12.2. The summed E-state index contributed by atoms with van der Waals surface area (Å²) in [6, 6.07) is 2.05. The summed E-state index contributed by atoms with van der Waals surface area (Å²) < 4.78 is 0. The van der Waals surface area contributed by atoms with Gasteiger partial charge in [0.2, 0.25) is 11.9 Å². The molecule has 1 amide bonds. The van der Waals surface area contributed by atoms with Gasteiger partial charge in [-0.1, -0.05) is 0 Å². The summed E-state index contributed by atoms with van der Waals surface area (Å²) in [5, 5.41) is 12.6. The van der Waals surface area contributed by atoms with E-state index in [1.54, 1.807) is 12.4 Å². The third-order valence-electron chi connectivity index (χ3n) is 4.62. The topological polar surface area (TPSA) is 81.6 Å². The molecule has 7 heteroatoms. The molecule has 3 heterocycles. The lowest BCUT2D eigenvalue weighted by molar-refractivity contribution is -0.123. The Morgan fingerprint density at radius 3 is 2.43 bits per heavy atom. The van der Waals surface area contributed by atoms with Gasteiger partial charge in [0.1, 0.15) is 0 Å². The summed E-state index contributed by atoms with van der Waals surface area (Å²) in [6.45, 7) is 3.78. The van der Waals surface area contributed by atoms with Crippen LogP contribution in [0.15, 0.2) is 18.5 Å². The van der Waals surface area contributed by atoms with Crippen molar-refractivity contribution in [3.05, 3.63) is 18.5 Å². The quantitative estimate of drug-likeness (QED) is 0.814. The van der Waals surface area contributed by atoms with E-state index in [4.69, 9.17) is 0 Å². The molecule has 2 aliphatic heterocycles. The zero-order valence-corrected chi connectivity index (χ0v) is 13.4. The van der Waals surface area contributed by atoms with Crippen LogP contribution in [0.2, 0.25) is 0 Å². The van der Waals surface area contributed by atoms with E-state index in [9.17, 15) is 9.90 Å². The number of carbonyl (C=O) groups is 1. The van der Waals surface area contributed by atoms with Gasteiger partial charge in [0, 0.05) is 44.6 Å². The third-order valence-corrected chi connectivity index (χ3v) is 4.62. The lowest BCUT2D eigenvalue weighted by Crippen LogP contribution is -2.49.